The highest BCUT2D eigenvalue weighted by atomic mass is 16.5. The Morgan fingerprint density at radius 1 is 0.857 bits per heavy atom. The van der Waals surface area contributed by atoms with Crippen LogP contribution in [-0.2, 0) is 4.74 Å². The largest absolute Gasteiger partial charge is 0.462 e. The number of nitrogens with zero attached hydrogens (tertiary/aromatic N) is 2. The maximum absolute atomic E-state index is 11.7. The van der Waals surface area contributed by atoms with Crippen LogP contribution in [0.25, 0.3) is 0 Å². The summed E-state index contributed by atoms with van der Waals surface area (Å²) < 4.78 is 4.97. The van der Waals surface area contributed by atoms with Crippen LogP contribution in [0.3, 0.4) is 0 Å². The van der Waals surface area contributed by atoms with Gasteiger partial charge in [0.1, 0.15) is 18.0 Å². The lowest BCUT2D eigenvalue weighted by Gasteiger charge is -2.09. The minimum absolute atomic E-state index is 0.0223. The van der Waals surface area contributed by atoms with E-state index in [4.69, 9.17) is 4.74 Å². The molecule has 0 unspecified atom stereocenters. The van der Waals surface area contributed by atoms with Gasteiger partial charge in [-0.3, -0.25) is 4.79 Å². The summed E-state index contributed by atoms with van der Waals surface area (Å²) in [5.74, 6) is 0.880. The lowest BCUT2D eigenvalue weighted by Crippen LogP contribution is -2.04. The molecule has 1 heterocycles. The predicted octanol–water partition coefficient (Wildman–Crippen LogP) is 4.34. The van der Waals surface area contributed by atoms with E-state index in [1.54, 1.807) is 49.4 Å². The predicted molar refractivity (Wildman–Crippen MR) is 107 cm³/mol. The molecule has 3 rings (SSSR count). The van der Waals surface area contributed by atoms with Gasteiger partial charge in [0.15, 0.2) is 5.78 Å². The van der Waals surface area contributed by atoms with Gasteiger partial charge in [0.2, 0.25) is 0 Å². The van der Waals surface area contributed by atoms with Crippen molar-refractivity contribution >= 4 is 34.8 Å². The summed E-state index contributed by atoms with van der Waals surface area (Å²) in [6.45, 7) is 3.64. The van der Waals surface area contributed by atoms with Crippen LogP contribution in [0.4, 0.5) is 23.0 Å². The van der Waals surface area contributed by atoms with E-state index in [-0.39, 0.29) is 11.8 Å². The van der Waals surface area contributed by atoms with Gasteiger partial charge < -0.3 is 15.4 Å². The number of nitrogens with one attached hydrogen (secondary N) is 2. The summed E-state index contributed by atoms with van der Waals surface area (Å²) in [6.07, 6.45) is 1.45. The van der Waals surface area contributed by atoms with Crippen molar-refractivity contribution in [1.29, 1.82) is 0 Å². The molecule has 0 radical (unpaired) electrons. The number of esters is 1. The van der Waals surface area contributed by atoms with Gasteiger partial charge in [-0.1, -0.05) is 0 Å². The minimum atomic E-state index is -0.349. The van der Waals surface area contributed by atoms with E-state index < -0.39 is 0 Å². The van der Waals surface area contributed by atoms with Crippen molar-refractivity contribution in [3.63, 3.8) is 0 Å². The number of anilines is 4. The number of benzene rings is 2. The van der Waals surface area contributed by atoms with Crippen LogP contribution >= 0.6 is 0 Å². The molecule has 0 aliphatic rings. The average Bonchev–Trinajstić information content (AvgIpc) is 2.69. The van der Waals surface area contributed by atoms with Gasteiger partial charge in [-0.15, -0.1) is 0 Å². The molecule has 0 bridgehead atoms. The molecule has 0 atom stereocenters. The smallest absolute Gasteiger partial charge is 0.338 e. The molecular formula is C21H20N4O3. The number of ketones is 1. The molecule has 3 aromatic rings. The van der Waals surface area contributed by atoms with Crippen molar-refractivity contribution in [1.82, 2.24) is 9.97 Å². The van der Waals surface area contributed by atoms with Crippen molar-refractivity contribution in [2.75, 3.05) is 17.2 Å². The Balaban J connectivity index is 1.67. The molecule has 0 fully saturated rings. The molecular weight excluding hydrogens is 356 g/mol. The molecule has 28 heavy (non-hydrogen) atoms. The van der Waals surface area contributed by atoms with Crippen LogP contribution in [0.15, 0.2) is 60.9 Å². The zero-order valence-corrected chi connectivity index (χ0v) is 15.6. The van der Waals surface area contributed by atoms with Gasteiger partial charge in [0.05, 0.1) is 12.2 Å². The normalized spacial score (nSPS) is 10.2. The maximum Gasteiger partial charge on any atom is 0.338 e. The lowest BCUT2D eigenvalue weighted by atomic mass is 10.1. The number of rotatable bonds is 7. The summed E-state index contributed by atoms with van der Waals surface area (Å²) in [7, 11) is 0. The molecule has 0 saturated heterocycles. The van der Waals surface area contributed by atoms with Gasteiger partial charge >= 0.3 is 5.97 Å². The monoisotopic (exact) mass is 376 g/mol. The Labute approximate surface area is 162 Å². The van der Waals surface area contributed by atoms with E-state index in [1.165, 1.54) is 13.3 Å². The van der Waals surface area contributed by atoms with Crippen LogP contribution in [0, 0.1) is 0 Å². The van der Waals surface area contributed by atoms with Crippen molar-refractivity contribution in [3.8, 4) is 0 Å². The van der Waals surface area contributed by atoms with Gasteiger partial charge in [0, 0.05) is 23.0 Å². The zero-order chi connectivity index (χ0) is 19.9. The lowest BCUT2D eigenvalue weighted by molar-refractivity contribution is 0.0526. The van der Waals surface area contributed by atoms with E-state index in [1.807, 2.05) is 12.1 Å². The molecule has 7 nitrogen and oxygen atoms in total. The topological polar surface area (TPSA) is 93.2 Å². The fraction of sp³-hybridized carbons (Fsp3) is 0.143. The van der Waals surface area contributed by atoms with E-state index in [2.05, 4.69) is 20.6 Å². The van der Waals surface area contributed by atoms with Crippen molar-refractivity contribution in [2.45, 2.75) is 13.8 Å². The third-order valence-electron chi connectivity index (χ3n) is 3.90. The molecule has 142 valence electrons. The summed E-state index contributed by atoms with van der Waals surface area (Å²) in [5, 5.41) is 6.34. The molecule has 0 spiro atoms. The Hall–Kier alpha value is -3.74. The number of hydrogen-bond donors (Lipinski definition) is 2. The first kappa shape index (κ1) is 19.0. The van der Waals surface area contributed by atoms with Crippen LogP contribution in [-0.4, -0.2) is 28.3 Å². The molecule has 1 aromatic heterocycles. The summed E-state index contributed by atoms with van der Waals surface area (Å²) in [4.78, 5) is 31.5. The fourth-order valence-electron chi connectivity index (χ4n) is 2.48. The van der Waals surface area contributed by atoms with Gasteiger partial charge in [0.25, 0.3) is 0 Å². The molecule has 7 heteroatoms. The van der Waals surface area contributed by atoms with Crippen molar-refractivity contribution < 1.29 is 14.3 Å². The average molecular weight is 376 g/mol. The molecule has 0 amide bonds. The van der Waals surface area contributed by atoms with Crippen molar-refractivity contribution in [3.05, 3.63) is 72.1 Å². The minimum Gasteiger partial charge on any atom is -0.462 e. The number of Topliss-reactive ketones (excluding diaryl/α,β-unsaturated/α-hetero) is 1. The Kier molecular flexibility index (Phi) is 5.96. The SMILES string of the molecule is CCOC(=O)c1ccc(Nc2cc(Nc3ccc(C(C)=O)cc3)ncn2)cc1. The van der Waals surface area contributed by atoms with Crippen LogP contribution in [0.2, 0.25) is 0 Å². The number of carbonyl (C=O) groups is 2. The second-order valence-corrected chi connectivity index (χ2v) is 5.97. The zero-order valence-electron chi connectivity index (χ0n) is 15.6. The Morgan fingerprint density at radius 3 is 1.82 bits per heavy atom. The third kappa shape index (κ3) is 4.91. The van der Waals surface area contributed by atoms with Crippen LogP contribution < -0.4 is 10.6 Å². The van der Waals surface area contributed by atoms with E-state index >= 15 is 0 Å². The molecule has 0 aliphatic carbocycles. The van der Waals surface area contributed by atoms with Crippen LogP contribution in [0.5, 0.6) is 0 Å². The van der Waals surface area contributed by atoms with Crippen LogP contribution in [0.1, 0.15) is 34.6 Å². The number of ether oxygens (including phenoxy) is 1. The molecule has 2 N–H and O–H groups in total. The van der Waals surface area contributed by atoms with E-state index in [0.29, 0.717) is 29.4 Å². The third-order valence-corrected chi connectivity index (χ3v) is 3.90. The summed E-state index contributed by atoms with van der Waals surface area (Å²) >= 11 is 0. The first-order chi connectivity index (χ1) is 13.5. The second-order valence-electron chi connectivity index (χ2n) is 5.97. The Bertz CT molecular complexity index is 970. The molecule has 2 aromatic carbocycles. The van der Waals surface area contributed by atoms with Crippen molar-refractivity contribution in [2.24, 2.45) is 0 Å². The van der Waals surface area contributed by atoms with Gasteiger partial charge in [-0.2, -0.15) is 0 Å². The second kappa shape index (κ2) is 8.77. The highest BCUT2D eigenvalue weighted by molar-refractivity contribution is 5.94. The quantitative estimate of drug-likeness (QED) is 0.468. The summed E-state index contributed by atoms with van der Waals surface area (Å²) in [5.41, 5.74) is 2.74. The maximum atomic E-state index is 11.7. The number of carbonyl (C=O) groups excluding carboxylic acids is 2. The first-order valence-electron chi connectivity index (χ1n) is 8.79. The fourth-order valence-corrected chi connectivity index (χ4v) is 2.48. The van der Waals surface area contributed by atoms with E-state index in [0.717, 1.165) is 11.4 Å². The molecule has 0 aliphatic heterocycles. The Morgan fingerprint density at radius 2 is 1.36 bits per heavy atom. The highest BCUT2D eigenvalue weighted by Gasteiger charge is 2.06. The first-order valence-corrected chi connectivity index (χ1v) is 8.79. The standard InChI is InChI=1S/C21H20N4O3/c1-3-28-21(27)16-6-10-18(11-7-16)25-20-12-19(22-13-23-20)24-17-8-4-15(5-9-17)14(2)26/h4-13H,3H2,1-2H3,(H2,22,23,24,25). The van der Waals surface area contributed by atoms with Gasteiger partial charge in [-0.05, 0) is 62.4 Å². The molecule has 0 saturated carbocycles. The highest BCUT2D eigenvalue weighted by Crippen LogP contribution is 2.20. The van der Waals surface area contributed by atoms with E-state index in [9.17, 15) is 9.59 Å². The number of aromatic nitrogens is 2. The summed E-state index contributed by atoms with van der Waals surface area (Å²) in [6, 6.07) is 15.9. The van der Waals surface area contributed by atoms with Gasteiger partial charge in [-0.25, -0.2) is 14.8 Å². The number of hydrogen-bond acceptors (Lipinski definition) is 7.